The molecule has 0 unspecified atom stereocenters. The molecule has 0 radical (unpaired) electrons. The quantitative estimate of drug-likeness (QED) is 0.932. The van der Waals surface area contributed by atoms with Crippen LogP contribution in [-0.2, 0) is 6.18 Å². The van der Waals surface area contributed by atoms with Crippen LogP contribution in [-0.4, -0.2) is 41.2 Å². The fourth-order valence-corrected chi connectivity index (χ4v) is 1.84. The number of pyridine rings is 1. The van der Waals surface area contributed by atoms with Crippen molar-refractivity contribution in [3.63, 3.8) is 0 Å². The summed E-state index contributed by atoms with van der Waals surface area (Å²) in [5, 5.41) is 2.73. The molecule has 0 saturated carbocycles. The van der Waals surface area contributed by atoms with E-state index in [-0.39, 0.29) is 24.1 Å². The van der Waals surface area contributed by atoms with Crippen molar-refractivity contribution in [2.45, 2.75) is 32.2 Å². The van der Waals surface area contributed by atoms with E-state index in [2.05, 4.69) is 10.3 Å². The summed E-state index contributed by atoms with van der Waals surface area (Å²) in [4.78, 5) is 16.9. The number of alkyl halides is 3. The molecule has 2 rings (SSSR count). The van der Waals surface area contributed by atoms with Gasteiger partial charge in [-0.25, -0.2) is 9.78 Å². The van der Waals surface area contributed by atoms with Crippen molar-refractivity contribution in [1.82, 2.24) is 15.2 Å². The molecule has 5 nitrogen and oxygen atoms in total. The highest BCUT2D eigenvalue weighted by atomic mass is 19.4. The summed E-state index contributed by atoms with van der Waals surface area (Å²) < 4.78 is 43.0. The number of carbonyl (C=O) groups is 1. The van der Waals surface area contributed by atoms with Gasteiger partial charge < -0.3 is 15.0 Å². The molecule has 8 heteroatoms. The van der Waals surface area contributed by atoms with E-state index in [0.29, 0.717) is 13.1 Å². The number of nitrogens with one attached hydrogen (secondary N) is 1. The van der Waals surface area contributed by atoms with Crippen LogP contribution in [0.25, 0.3) is 0 Å². The zero-order chi connectivity index (χ0) is 15.6. The Morgan fingerprint density at radius 1 is 1.48 bits per heavy atom. The highest BCUT2D eigenvalue weighted by Crippen LogP contribution is 2.30. The summed E-state index contributed by atoms with van der Waals surface area (Å²) in [6, 6.07) is 1.57. The van der Waals surface area contributed by atoms with Crippen LogP contribution < -0.4 is 10.1 Å². The first kappa shape index (κ1) is 15.4. The molecule has 0 aliphatic carbocycles. The van der Waals surface area contributed by atoms with Gasteiger partial charge in [-0.05, 0) is 19.9 Å². The van der Waals surface area contributed by atoms with E-state index in [4.69, 9.17) is 4.74 Å². The Labute approximate surface area is 120 Å². The maximum atomic E-state index is 12.5. The first-order chi connectivity index (χ1) is 9.75. The topological polar surface area (TPSA) is 54.5 Å². The van der Waals surface area contributed by atoms with Crippen molar-refractivity contribution in [2.75, 3.05) is 13.1 Å². The first-order valence-electron chi connectivity index (χ1n) is 6.51. The zero-order valence-electron chi connectivity index (χ0n) is 11.6. The molecule has 1 aliphatic heterocycles. The van der Waals surface area contributed by atoms with Gasteiger partial charge in [-0.1, -0.05) is 0 Å². The fourth-order valence-electron chi connectivity index (χ4n) is 1.84. The van der Waals surface area contributed by atoms with Crippen LogP contribution in [0.3, 0.4) is 0 Å². The average Bonchev–Trinajstić information content (AvgIpc) is 2.31. The van der Waals surface area contributed by atoms with Gasteiger partial charge in [0.05, 0.1) is 18.7 Å². The van der Waals surface area contributed by atoms with Gasteiger partial charge >= 0.3 is 12.2 Å². The minimum absolute atomic E-state index is 0.0302. The van der Waals surface area contributed by atoms with Gasteiger partial charge in [-0.2, -0.15) is 13.2 Å². The third-order valence-electron chi connectivity index (χ3n) is 2.90. The molecular weight excluding hydrogens is 287 g/mol. The molecule has 21 heavy (non-hydrogen) atoms. The van der Waals surface area contributed by atoms with Gasteiger partial charge in [0, 0.05) is 18.3 Å². The number of hydrogen-bond donors (Lipinski definition) is 1. The lowest BCUT2D eigenvalue weighted by molar-refractivity contribution is -0.137. The first-order valence-corrected chi connectivity index (χ1v) is 6.51. The van der Waals surface area contributed by atoms with E-state index in [1.807, 2.05) is 13.8 Å². The van der Waals surface area contributed by atoms with Crippen molar-refractivity contribution < 1.29 is 22.7 Å². The number of ether oxygens (including phenoxy) is 1. The third kappa shape index (κ3) is 3.99. The fraction of sp³-hybridized carbons (Fsp3) is 0.538. The largest absolute Gasteiger partial charge is 0.471 e. The molecular formula is C13H16F3N3O2. The highest BCUT2D eigenvalue weighted by molar-refractivity contribution is 5.75. The molecule has 1 aliphatic rings. The molecule has 1 fully saturated rings. The van der Waals surface area contributed by atoms with Crippen LogP contribution in [0.2, 0.25) is 0 Å². The van der Waals surface area contributed by atoms with E-state index < -0.39 is 11.7 Å². The number of aromatic nitrogens is 1. The van der Waals surface area contributed by atoms with Gasteiger partial charge in [-0.3, -0.25) is 0 Å². The molecule has 1 saturated heterocycles. The molecule has 2 heterocycles. The van der Waals surface area contributed by atoms with Crippen LogP contribution >= 0.6 is 0 Å². The molecule has 0 atom stereocenters. The zero-order valence-corrected chi connectivity index (χ0v) is 11.6. The Balaban J connectivity index is 1.87. The second kappa shape index (κ2) is 5.79. The Morgan fingerprint density at radius 2 is 2.14 bits per heavy atom. The van der Waals surface area contributed by atoms with Crippen LogP contribution in [0, 0.1) is 0 Å². The minimum atomic E-state index is -4.43. The van der Waals surface area contributed by atoms with E-state index in [0.717, 1.165) is 18.3 Å². The normalized spacial score (nSPS) is 15.8. The van der Waals surface area contributed by atoms with Gasteiger partial charge in [0.25, 0.3) is 0 Å². The van der Waals surface area contributed by atoms with Crippen LogP contribution in [0.15, 0.2) is 18.3 Å². The SMILES string of the molecule is CC(C)NC(=O)N1CC(Oc2cc(C(F)(F)F)ccn2)C1. The summed E-state index contributed by atoms with van der Waals surface area (Å²) in [6.07, 6.45) is -3.71. The molecule has 0 aromatic carbocycles. The predicted molar refractivity (Wildman–Crippen MR) is 68.9 cm³/mol. The van der Waals surface area contributed by atoms with Gasteiger partial charge in [0.15, 0.2) is 0 Å². The van der Waals surface area contributed by atoms with Crippen molar-refractivity contribution in [2.24, 2.45) is 0 Å². The summed E-state index contributed by atoms with van der Waals surface area (Å²) in [5.41, 5.74) is -0.804. The van der Waals surface area contributed by atoms with Crippen LogP contribution in [0.5, 0.6) is 5.88 Å². The van der Waals surface area contributed by atoms with Gasteiger partial charge in [0.2, 0.25) is 5.88 Å². The average molecular weight is 303 g/mol. The molecule has 116 valence electrons. The molecule has 1 N–H and O–H groups in total. The number of halogens is 3. The lowest BCUT2D eigenvalue weighted by Gasteiger charge is -2.38. The molecule has 1 aromatic rings. The predicted octanol–water partition coefficient (Wildman–Crippen LogP) is 2.28. The summed E-state index contributed by atoms with van der Waals surface area (Å²) in [5.74, 6) is -0.0845. The molecule has 1 aromatic heterocycles. The smallest absolute Gasteiger partial charge is 0.416 e. The van der Waals surface area contributed by atoms with Crippen LogP contribution in [0.4, 0.5) is 18.0 Å². The number of likely N-dealkylation sites (tertiary alicyclic amines) is 1. The lowest BCUT2D eigenvalue weighted by Crippen LogP contribution is -2.59. The van der Waals surface area contributed by atoms with Crippen molar-refractivity contribution >= 4 is 6.03 Å². The standard InChI is InChI=1S/C13H16F3N3O2/c1-8(2)18-12(20)19-6-10(7-19)21-11-5-9(3-4-17-11)13(14,15)16/h3-5,8,10H,6-7H2,1-2H3,(H,18,20). The second-order valence-electron chi connectivity index (χ2n) is 5.13. The number of carbonyl (C=O) groups excluding carboxylic acids is 1. The number of rotatable bonds is 3. The number of hydrogen-bond acceptors (Lipinski definition) is 3. The highest BCUT2D eigenvalue weighted by Gasteiger charge is 2.34. The Morgan fingerprint density at radius 3 is 2.71 bits per heavy atom. The van der Waals surface area contributed by atoms with Gasteiger partial charge in [-0.15, -0.1) is 0 Å². The number of nitrogens with zero attached hydrogens (tertiary/aromatic N) is 2. The summed E-state index contributed by atoms with van der Waals surface area (Å²) >= 11 is 0. The van der Waals surface area contributed by atoms with Crippen molar-refractivity contribution in [1.29, 1.82) is 0 Å². The lowest BCUT2D eigenvalue weighted by atomic mass is 10.2. The maximum absolute atomic E-state index is 12.5. The Kier molecular flexibility index (Phi) is 4.24. The monoisotopic (exact) mass is 303 g/mol. The number of urea groups is 1. The van der Waals surface area contributed by atoms with E-state index >= 15 is 0 Å². The van der Waals surface area contributed by atoms with E-state index in [9.17, 15) is 18.0 Å². The van der Waals surface area contributed by atoms with Gasteiger partial charge in [0.1, 0.15) is 6.10 Å². The minimum Gasteiger partial charge on any atom is -0.471 e. The summed E-state index contributed by atoms with van der Waals surface area (Å²) in [6.45, 7) is 4.35. The van der Waals surface area contributed by atoms with E-state index in [1.54, 1.807) is 0 Å². The molecule has 0 spiro atoms. The van der Waals surface area contributed by atoms with Crippen molar-refractivity contribution in [3.05, 3.63) is 23.9 Å². The third-order valence-corrected chi connectivity index (χ3v) is 2.90. The Hall–Kier alpha value is -1.99. The Bertz CT molecular complexity index is 514. The summed E-state index contributed by atoms with van der Waals surface area (Å²) in [7, 11) is 0. The van der Waals surface area contributed by atoms with E-state index in [1.165, 1.54) is 4.90 Å². The van der Waals surface area contributed by atoms with Crippen LogP contribution in [0.1, 0.15) is 19.4 Å². The molecule has 0 bridgehead atoms. The van der Waals surface area contributed by atoms with Crippen molar-refractivity contribution in [3.8, 4) is 5.88 Å². The molecule has 2 amide bonds. The second-order valence-corrected chi connectivity index (χ2v) is 5.13. The maximum Gasteiger partial charge on any atom is 0.416 e. The number of amides is 2.